The van der Waals surface area contributed by atoms with E-state index in [-0.39, 0.29) is 5.92 Å². The van der Waals surface area contributed by atoms with E-state index in [1.54, 1.807) is 36.2 Å². The minimum absolute atomic E-state index is 0.0311. The lowest BCUT2D eigenvalue weighted by molar-refractivity contribution is -0.138. The van der Waals surface area contributed by atoms with Gasteiger partial charge in [-0.3, -0.25) is 10.4 Å². The summed E-state index contributed by atoms with van der Waals surface area (Å²) in [7, 11) is 0. The largest absolute Gasteiger partial charge is 0.461 e. The van der Waals surface area contributed by atoms with Crippen LogP contribution in [0.4, 0.5) is 5.69 Å². The van der Waals surface area contributed by atoms with Crippen LogP contribution < -0.4 is 10.4 Å². The Morgan fingerprint density at radius 1 is 1.29 bits per heavy atom. The van der Waals surface area contributed by atoms with Crippen LogP contribution in [0.2, 0.25) is 10.0 Å². The molecule has 1 aromatic carbocycles. The molecule has 1 heterocycles. The van der Waals surface area contributed by atoms with Gasteiger partial charge in [-0.15, -0.1) is 0 Å². The van der Waals surface area contributed by atoms with Gasteiger partial charge in [0.15, 0.2) is 5.72 Å². The fourth-order valence-electron chi connectivity index (χ4n) is 2.66. The highest BCUT2D eigenvalue weighted by Gasteiger charge is 2.46. The van der Waals surface area contributed by atoms with Crippen molar-refractivity contribution in [2.75, 3.05) is 18.2 Å². The Morgan fingerprint density at radius 3 is 2.54 bits per heavy atom. The Hall–Kier alpha value is -1.43. The molecule has 1 aliphatic rings. The Morgan fingerprint density at radius 2 is 2.00 bits per heavy atom. The lowest BCUT2D eigenvalue weighted by Gasteiger charge is -2.41. The van der Waals surface area contributed by atoms with Crippen molar-refractivity contribution in [2.24, 2.45) is 5.92 Å². The molecule has 0 aliphatic carbocycles. The SMILES string of the molecule is CCOC(=O)C1=CC(OCC)(C(C)C)N(c2ccc(Cl)cc2Cl)N1. The predicted octanol–water partition coefficient (Wildman–Crippen LogP) is 4.15. The first kappa shape index (κ1) is 18.9. The molecule has 0 bridgehead atoms. The molecular weight excluding hydrogens is 351 g/mol. The molecule has 2 rings (SSSR count). The molecule has 0 saturated carbocycles. The van der Waals surface area contributed by atoms with E-state index in [1.165, 1.54) is 0 Å². The number of carbonyl (C=O) groups excluding carboxylic acids is 1. The Kier molecular flexibility index (Phi) is 6.01. The maximum absolute atomic E-state index is 12.2. The van der Waals surface area contributed by atoms with Gasteiger partial charge in [0.2, 0.25) is 0 Å². The summed E-state index contributed by atoms with van der Waals surface area (Å²) in [6, 6.07) is 5.18. The molecule has 24 heavy (non-hydrogen) atoms. The lowest BCUT2D eigenvalue weighted by atomic mass is 9.97. The summed E-state index contributed by atoms with van der Waals surface area (Å²) in [5, 5.41) is 2.75. The van der Waals surface area contributed by atoms with Gasteiger partial charge in [0.25, 0.3) is 0 Å². The van der Waals surface area contributed by atoms with Crippen molar-refractivity contribution in [3.8, 4) is 0 Å². The van der Waals surface area contributed by atoms with E-state index in [9.17, 15) is 4.79 Å². The smallest absolute Gasteiger partial charge is 0.356 e. The van der Waals surface area contributed by atoms with E-state index in [1.807, 2.05) is 20.8 Å². The Bertz CT molecular complexity index is 649. The highest BCUT2D eigenvalue weighted by atomic mass is 35.5. The highest BCUT2D eigenvalue weighted by molar-refractivity contribution is 6.36. The van der Waals surface area contributed by atoms with Crippen LogP contribution in [0.3, 0.4) is 0 Å². The number of rotatable bonds is 6. The van der Waals surface area contributed by atoms with E-state index < -0.39 is 11.7 Å². The topological polar surface area (TPSA) is 50.8 Å². The number of halogens is 2. The number of hydrogen-bond donors (Lipinski definition) is 1. The molecule has 1 unspecified atom stereocenters. The summed E-state index contributed by atoms with van der Waals surface area (Å²) in [5.74, 6) is -0.404. The fourth-order valence-corrected chi connectivity index (χ4v) is 3.16. The normalized spacial score (nSPS) is 20.1. The number of nitrogens with zero attached hydrogens (tertiary/aromatic N) is 1. The molecule has 0 fully saturated rings. The molecule has 0 saturated heterocycles. The molecule has 0 amide bonds. The van der Waals surface area contributed by atoms with E-state index in [0.29, 0.717) is 34.6 Å². The number of esters is 1. The first-order valence-electron chi connectivity index (χ1n) is 7.91. The lowest BCUT2D eigenvalue weighted by Crippen LogP contribution is -2.55. The summed E-state index contributed by atoms with van der Waals surface area (Å²) in [5.41, 5.74) is 3.20. The second-order valence-corrected chi connectivity index (χ2v) is 6.50. The zero-order chi connectivity index (χ0) is 17.9. The second-order valence-electron chi connectivity index (χ2n) is 5.66. The van der Waals surface area contributed by atoms with Crippen molar-refractivity contribution in [1.82, 2.24) is 5.43 Å². The van der Waals surface area contributed by atoms with Gasteiger partial charge >= 0.3 is 5.97 Å². The second kappa shape index (κ2) is 7.64. The van der Waals surface area contributed by atoms with E-state index in [2.05, 4.69) is 5.43 Å². The third-order valence-electron chi connectivity index (χ3n) is 3.78. The van der Waals surface area contributed by atoms with Gasteiger partial charge in [0.05, 0.1) is 17.3 Å². The van der Waals surface area contributed by atoms with Gasteiger partial charge in [-0.2, -0.15) is 0 Å². The molecule has 5 nitrogen and oxygen atoms in total. The molecule has 132 valence electrons. The summed E-state index contributed by atoms with van der Waals surface area (Å²) in [6.07, 6.45) is 1.75. The highest BCUT2D eigenvalue weighted by Crippen LogP contribution is 2.40. The molecule has 1 aromatic rings. The minimum Gasteiger partial charge on any atom is -0.461 e. The average Bonchev–Trinajstić information content (AvgIpc) is 2.89. The van der Waals surface area contributed by atoms with Crippen molar-refractivity contribution >= 4 is 34.9 Å². The van der Waals surface area contributed by atoms with E-state index >= 15 is 0 Å². The summed E-state index contributed by atoms with van der Waals surface area (Å²) in [4.78, 5) is 12.2. The van der Waals surface area contributed by atoms with Gasteiger partial charge in [-0.25, -0.2) is 4.79 Å². The molecule has 1 aliphatic heterocycles. The van der Waals surface area contributed by atoms with Crippen LogP contribution >= 0.6 is 23.2 Å². The zero-order valence-corrected chi connectivity index (χ0v) is 15.7. The maximum Gasteiger partial charge on any atom is 0.356 e. The van der Waals surface area contributed by atoms with Gasteiger partial charge in [-0.05, 0) is 32.0 Å². The first-order valence-corrected chi connectivity index (χ1v) is 8.67. The molecular formula is C17H22Cl2N2O3. The van der Waals surface area contributed by atoms with Crippen LogP contribution in [-0.4, -0.2) is 24.9 Å². The van der Waals surface area contributed by atoms with E-state index in [4.69, 9.17) is 32.7 Å². The van der Waals surface area contributed by atoms with Crippen LogP contribution in [0.1, 0.15) is 27.7 Å². The third-order valence-corrected chi connectivity index (χ3v) is 4.32. The number of anilines is 1. The minimum atomic E-state index is -0.867. The van der Waals surface area contributed by atoms with Crippen molar-refractivity contribution in [1.29, 1.82) is 0 Å². The summed E-state index contributed by atoms with van der Waals surface area (Å²) >= 11 is 12.4. The van der Waals surface area contributed by atoms with Crippen molar-refractivity contribution in [3.63, 3.8) is 0 Å². The van der Waals surface area contributed by atoms with Crippen LogP contribution in [0.15, 0.2) is 30.0 Å². The molecule has 0 radical (unpaired) electrons. The number of hydrogen-bond acceptors (Lipinski definition) is 5. The molecule has 7 heteroatoms. The quantitative estimate of drug-likeness (QED) is 0.759. The maximum atomic E-state index is 12.2. The van der Waals surface area contributed by atoms with Crippen molar-refractivity contribution < 1.29 is 14.3 Å². The van der Waals surface area contributed by atoms with Gasteiger partial charge in [0.1, 0.15) is 5.70 Å². The van der Waals surface area contributed by atoms with Crippen LogP contribution in [0.5, 0.6) is 0 Å². The van der Waals surface area contributed by atoms with Crippen molar-refractivity contribution in [2.45, 2.75) is 33.4 Å². The molecule has 1 N–H and O–H groups in total. The molecule has 0 spiro atoms. The number of hydrazine groups is 1. The van der Waals surface area contributed by atoms with Crippen LogP contribution in [0.25, 0.3) is 0 Å². The predicted molar refractivity (Wildman–Crippen MR) is 96.0 cm³/mol. The summed E-state index contributed by atoms with van der Waals surface area (Å²) < 4.78 is 11.2. The number of nitrogens with one attached hydrogen (secondary N) is 1. The monoisotopic (exact) mass is 372 g/mol. The van der Waals surface area contributed by atoms with Crippen LogP contribution in [0, 0.1) is 5.92 Å². The first-order chi connectivity index (χ1) is 11.4. The standard InChI is InChI=1S/C17H22Cl2N2O3/c1-5-23-16(22)14-10-17(11(3)4,24-6-2)21(20-14)15-8-7-12(18)9-13(15)19/h7-11,20H,5-6H2,1-4H3. The number of carbonyl (C=O) groups is 1. The van der Waals surface area contributed by atoms with Crippen LogP contribution in [-0.2, 0) is 14.3 Å². The number of ether oxygens (including phenoxy) is 2. The molecule has 1 atom stereocenters. The average molecular weight is 373 g/mol. The number of benzene rings is 1. The zero-order valence-electron chi connectivity index (χ0n) is 14.2. The fraction of sp³-hybridized carbons (Fsp3) is 0.471. The van der Waals surface area contributed by atoms with E-state index in [0.717, 1.165) is 0 Å². The van der Waals surface area contributed by atoms with Gasteiger partial charge in [-0.1, -0.05) is 37.0 Å². The van der Waals surface area contributed by atoms with Gasteiger partial charge in [0, 0.05) is 23.6 Å². The van der Waals surface area contributed by atoms with Gasteiger partial charge < -0.3 is 9.47 Å². The Balaban J connectivity index is 2.50. The third kappa shape index (κ3) is 3.48. The van der Waals surface area contributed by atoms with Crippen molar-refractivity contribution in [3.05, 3.63) is 40.0 Å². The Labute approximate surface area is 152 Å². The molecule has 0 aromatic heterocycles. The summed E-state index contributed by atoms with van der Waals surface area (Å²) in [6.45, 7) is 8.45.